The monoisotopic (exact) mass is 486 g/mol. The molecular weight excluding hydrogens is 448 g/mol. The maximum absolute atomic E-state index is 5.15. The van der Waals surface area contributed by atoms with E-state index in [1.807, 2.05) is 0 Å². The van der Waals surface area contributed by atoms with Crippen molar-refractivity contribution in [2.24, 2.45) is 0 Å². The number of rotatable bonds is 3. The van der Waals surface area contributed by atoms with Crippen molar-refractivity contribution in [3.8, 4) is 11.3 Å². The molecule has 0 unspecified atom stereocenters. The molecule has 2 aliphatic carbocycles. The summed E-state index contributed by atoms with van der Waals surface area (Å²) in [5, 5.41) is 3.85. The van der Waals surface area contributed by atoms with Crippen molar-refractivity contribution in [3.05, 3.63) is 84.1 Å². The van der Waals surface area contributed by atoms with E-state index in [0.29, 0.717) is 11.8 Å². The first-order valence-corrected chi connectivity index (χ1v) is 14.8. The van der Waals surface area contributed by atoms with Gasteiger partial charge in [-0.15, -0.1) is 0 Å². The highest BCUT2D eigenvalue weighted by molar-refractivity contribution is 6.12. The van der Waals surface area contributed by atoms with Crippen LogP contribution in [0.15, 0.2) is 72.9 Å². The third-order valence-electron chi connectivity index (χ3n) is 9.34. The average molecular weight is 487 g/mol. The predicted molar refractivity (Wildman–Crippen MR) is 157 cm³/mol. The number of benzene rings is 3. The van der Waals surface area contributed by atoms with Gasteiger partial charge in [0.2, 0.25) is 0 Å². The van der Waals surface area contributed by atoms with E-state index in [-0.39, 0.29) is 0 Å². The number of hydrogen-bond acceptors (Lipinski definition) is 1. The number of pyridine rings is 1. The van der Waals surface area contributed by atoms with Gasteiger partial charge in [-0.2, -0.15) is 0 Å². The van der Waals surface area contributed by atoms with E-state index in [0.717, 1.165) is 5.65 Å². The first-order valence-electron chi connectivity index (χ1n) is 14.8. The van der Waals surface area contributed by atoms with Gasteiger partial charge in [0.25, 0.3) is 0 Å². The van der Waals surface area contributed by atoms with Crippen molar-refractivity contribution < 1.29 is 0 Å². The number of fused-ring (bicyclic) bond motifs is 6. The van der Waals surface area contributed by atoms with Gasteiger partial charge >= 0.3 is 0 Å². The van der Waals surface area contributed by atoms with E-state index in [4.69, 9.17) is 4.98 Å². The smallest absolute Gasteiger partial charge is 0.145 e. The Morgan fingerprint density at radius 1 is 0.541 bits per heavy atom. The molecule has 2 heteroatoms. The highest BCUT2D eigenvalue weighted by Gasteiger charge is 2.27. The Hall–Kier alpha value is -3.13. The van der Waals surface area contributed by atoms with E-state index >= 15 is 0 Å². The molecule has 0 spiro atoms. The zero-order valence-electron chi connectivity index (χ0n) is 22.0. The fourth-order valence-corrected chi connectivity index (χ4v) is 7.52. The first-order chi connectivity index (χ1) is 18.4. The van der Waals surface area contributed by atoms with Crippen molar-refractivity contribution in [1.29, 1.82) is 0 Å². The minimum absolute atomic E-state index is 0.653. The first kappa shape index (κ1) is 23.0. The van der Waals surface area contributed by atoms with Gasteiger partial charge in [-0.1, -0.05) is 112 Å². The Morgan fingerprint density at radius 2 is 1.08 bits per heavy atom. The third kappa shape index (κ3) is 4.06. The van der Waals surface area contributed by atoms with Crippen LogP contribution < -0.4 is 0 Å². The Bertz CT molecular complexity index is 1500. The van der Waals surface area contributed by atoms with Crippen molar-refractivity contribution >= 4 is 27.3 Å². The van der Waals surface area contributed by atoms with E-state index in [1.54, 1.807) is 11.1 Å². The minimum atomic E-state index is 0.653. The molecule has 188 valence electrons. The topological polar surface area (TPSA) is 17.3 Å². The molecule has 0 bridgehead atoms. The lowest BCUT2D eigenvalue weighted by Crippen LogP contribution is -2.08. The van der Waals surface area contributed by atoms with E-state index in [1.165, 1.54) is 110 Å². The van der Waals surface area contributed by atoms with Gasteiger partial charge in [-0.05, 0) is 60.1 Å². The molecule has 3 aromatic carbocycles. The minimum Gasteiger partial charge on any atom is -0.292 e. The SMILES string of the molecule is c1cc(C2CCCCCC2)c(-c2cnc3c4ccccc4c4ccccc4n23)c(C2CCCCCC2)c1. The summed E-state index contributed by atoms with van der Waals surface area (Å²) in [5.74, 6) is 1.31. The van der Waals surface area contributed by atoms with Gasteiger partial charge in [-0.25, -0.2) is 4.98 Å². The quantitative estimate of drug-likeness (QED) is 0.183. The van der Waals surface area contributed by atoms with Crippen molar-refractivity contribution in [2.75, 3.05) is 0 Å². The maximum atomic E-state index is 5.15. The van der Waals surface area contributed by atoms with Gasteiger partial charge in [0, 0.05) is 16.3 Å². The lowest BCUT2D eigenvalue weighted by Gasteiger charge is -2.25. The van der Waals surface area contributed by atoms with Crippen LogP contribution in [-0.2, 0) is 0 Å². The van der Waals surface area contributed by atoms with Crippen LogP contribution in [0.25, 0.3) is 38.6 Å². The van der Waals surface area contributed by atoms with Gasteiger partial charge in [0.05, 0.1) is 17.4 Å². The standard InChI is InChI=1S/C35H38N2/c1-2-6-15-25(14-5-1)27-21-13-22-28(26-16-7-3-4-8-17-26)34(27)33-24-36-35-31-20-10-9-18-29(31)30-19-11-12-23-32(30)37(33)35/h9-13,18-26H,1-8,14-17H2. The van der Waals surface area contributed by atoms with E-state index in [2.05, 4.69) is 77.3 Å². The third-order valence-corrected chi connectivity index (χ3v) is 9.34. The Morgan fingerprint density at radius 3 is 1.70 bits per heavy atom. The van der Waals surface area contributed by atoms with Crippen LogP contribution in [0.1, 0.15) is 100 Å². The Kier molecular flexibility index (Phi) is 6.20. The van der Waals surface area contributed by atoms with Crippen LogP contribution in [0.3, 0.4) is 0 Å². The molecule has 2 saturated carbocycles. The number of nitrogens with zero attached hydrogens (tertiary/aromatic N) is 2. The van der Waals surface area contributed by atoms with Gasteiger partial charge in [-0.3, -0.25) is 4.40 Å². The predicted octanol–water partition coefficient (Wildman–Crippen LogP) is 10.2. The molecule has 5 aromatic rings. The van der Waals surface area contributed by atoms with Gasteiger partial charge < -0.3 is 0 Å². The average Bonchev–Trinajstić information content (AvgIpc) is 3.11. The summed E-state index contributed by atoms with van der Waals surface area (Å²) in [5.41, 5.74) is 8.34. The van der Waals surface area contributed by atoms with Crippen LogP contribution in [-0.4, -0.2) is 9.38 Å². The van der Waals surface area contributed by atoms with Crippen molar-refractivity contribution in [2.45, 2.75) is 88.9 Å². The van der Waals surface area contributed by atoms with Crippen LogP contribution in [0.4, 0.5) is 0 Å². The van der Waals surface area contributed by atoms with Crippen LogP contribution in [0.2, 0.25) is 0 Å². The van der Waals surface area contributed by atoms with Gasteiger partial charge in [0.1, 0.15) is 5.65 Å². The highest BCUT2D eigenvalue weighted by atomic mass is 15.0. The summed E-state index contributed by atoms with van der Waals surface area (Å²) in [4.78, 5) is 5.15. The molecule has 7 rings (SSSR count). The summed E-state index contributed by atoms with van der Waals surface area (Å²) in [7, 11) is 0. The van der Waals surface area contributed by atoms with E-state index in [9.17, 15) is 0 Å². The molecule has 2 fully saturated rings. The normalized spacial score (nSPS) is 18.4. The Labute approximate surface area is 220 Å². The van der Waals surface area contributed by atoms with Gasteiger partial charge in [0.15, 0.2) is 0 Å². The zero-order valence-corrected chi connectivity index (χ0v) is 22.0. The number of hydrogen-bond donors (Lipinski definition) is 0. The second-order valence-electron chi connectivity index (χ2n) is 11.6. The maximum Gasteiger partial charge on any atom is 0.145 e. The second-order valence-corrected chi connectivity index (χ2v) is 11.6. The number of aromatic nitrogens is 2. The molecule has 0 aliphatic heterocycles. The van der Waals surface area contributed by atoms with E-state index < -0.39 is 0 Å². The van der Waals surface area contributed by atoms with Crippen LogP contribution >= 0.6 is 0 Å². The summed E-state index contributed by atoms with van der Waals surface area (Å²) < 4.78 is 2.49. The van der Waals surface area contributed by atoms with Crippen LogP contribution in [0, 0.1) is 0 Å². The summed E-state index contributed by atoms with van der Waals surface area (Å²) in [6, 6.07) is 25.0. The number of para-hydroxylation sites is 1. The summed E-state index contributed by atoms with van der Waals surface area (Å²) in [6.07, 6.45) is 18.5. The fourth-order valence-electron chi connectivity index (χ4n) is 7.52. The second kappa shape index (κ2) is 9.97. The van der Waals surface area contributed by atoms with Crippen molar-refractivity contribution in [3.63, 3.8) is 0 Å². The molecule has 0 N–H and O–H groups in total. The van der Waals surface area contributed by atoms with Crippen molar-refractivity contribution in [1.82, 2.24) is 9.38 Å². The molecule has 2 aliphatic rings. The molecule has 2 heterocycles. The molecule has 0 atom stereocenters. The molecule has 2 aromatic heterocycles. The fraction of sp³-hybridized carbons (Fsp3) is 0.400. The zero-order chi connectivity index (χ0) is 24.6. The molecule has 0 amide bonds. The largest absolute Gasteiger partial charge is 0.292 e. The molecule has 37 heavy (non-hydrogen) atoms. The Balaban J connectivity index is 1.54. The summed E-state index contributed by atoms with van der Waals surface area (Å²) >= 11 is 0. The highest BCUT2D eigenvalue weighted by Crippen LogP contribution is 2.45. The lowest BCUT2D eigenvalue weighted by atomic mass is 9.80. The number of imidazole rings is 1. The molecular formula is C35H38N2. The summed E-state index contributed by atoms with van der Waals surface area (Å²) in [6.45, 7) is 0. The molecule has 0 radical (unpaired) electrons. The van der Waals surface area contributed by atoms with Crippen LogP contribution in [0.5, 0.6) is 0 Å². The lowest BCUT2D eigenvalue weighted by molar-refractivity contribution is 0.579. The molecule has 2 nitrogen and oxygen atoms in total. The molecule has 0 saturated heterocycles.